The first-order valence-corrected chi connectivity index (χ1v) is 11.0. The van der Waals surface area contributed by atoms with Crippen molar-refractivity contribution in [2.75, 3.05) is 27.3 Å². The smallest absolute Gasteiger partial charge is 0.219 e. The minimum absolute atomic E-state index is 0. The molecule has 0 spiro atoms. The second-order valence-corrected chi connectivity index (χ2v) is 7.58. The number of aliphatic imine (C=N–C) groups is 1. The summed E-state index contributed by atoms with van der Waals surface area (Å²) in [6.07, 6.45) is 2.73. The van der Waals surface area contributed by atoms with Crippen LogP contribution in [0.1, 0.15) is 17.4 Å². The third kappa shape index (κ3) is 7.56. The van der Waals surface area contributed by atoms with E-state index < -0.39 is 0 Å². The van der Waals surface area contributed by atoms with E-state index >= 15 is 0 Å². The fourth-order valence-corrected chi connectivity index (χ4v) is 3.57. The lowest BCUT2D eigenvalue weighted by Crippen LogP contribution is -2.38. The molecule has 0 saturated carbocycles. The van der Waals surface area contributed by atoms with Crippen LogP contribution < -0.4 is 24.8 Å². The van der Waals surface area contributed by atoms with E-state index in [2.05, 4.69) is 45.0 Å². The van der Waals surface area contributed by atoms with Crippen LogP contribution >= 0.6 is 35.3 Å². The monoisotopic (exact) mass is 568 g/mol. The van der Waals surface area contributed by atoms with Gasteiger partial charge in [-0.25, -0.2) is 9.98 Å². The number of halogens is 1. The Balaban J connectivity index is 0.00000363. The minimum atomic E-state index is 0. The second kappa shape index (κ2) is 13.8. The van der Waals surface area contributed by atoms with Gasteiger partial charge in [0.1, 0.15) is 0 Å². The van der Waals surface area contributed by atoms with E-state index in [1.165, 1.54) is 4.88 Å². The summed E-state index contributed by atoms with van der Waals surface area (Å²) in [7, 11) is 3.18. The SMILES string of the molecule is CCNC(=NCc1ccc(Oc2c(OC)cccc2OC)nc1)NCCc1cccs1.I. The molecule has 172 valence electrons. The van der Waals surface area contributed by atoms with E-state index in [-0.39, 0.29) is 24.0 Å². The van der Waals surface area contributed by atoms with Gasteiger partial charge in [0.25, 0.3) is 0 Å². The molecule has 2 heterocycles. The van der Waals surface area contributed by atoms with Crippen molar-refractivity contribution in [3.63, 3.8) is 0 Å². The van der Waals surface area contributed by atoms with Gasteiger partial charge in [0.15, 0.2) is 17.5 Å². The summed E-state index contributed by atoms with van der Waals surface area (Å²) < 4.78 is 16.6. The Morgan fingerprint density at radius 1 is 1.03 bits per heavy atom. The van der Waals surface area contributed by atoms with Crippen LogP contribution in [0.4, 0.5) is 0 Å². The zero-order valence-electron chi connectivity index (χ0n) is 18.5. The number of benzene rings is 1. The quantitative estimate of drug-likeness (QED) is 0.207. The normalized spacial score (nSPS) is 10.8. The van der Waals surface area contributed by atoms with Crippen LogP contribution in [0.25, 0.3) is 0 Å². The van der Waals surface area contributed by atoms with Crippen molar-refractivity contribution in [1.29, 1.82) is 0 Å². The summed E-state index contributed by atoms with van der Waals surface area (Å²) >= 11 is 1.77. The maximum atomic E-state index is 5.91. The Morgan fingerprint density at radius 3 is 2.41 bits per heavy atom. The Labute approximate surface area is 210 Å². The van der Waals surface area contributed by atoms with Gasteiger partial charge < -0.3 is 24.8 Å². The fraction of sp³-hybridized carbons (Fsp3) is 0.304. The lowest BCUT2D eigenvalue weighted by atomic mass is 10.3. The zero-order valence-corrected chi connectivity index (χ0v) is 21.6. The number of methoxy groups -OCH3 is 2. The molecular formula is C23H29IN4O3S. The van der Waals surface area contributed by atoms with Crippen LogP contribution in [0.5, 0.6) is 23.1 Å². The Kier molecular flexibility index (Phi) is 11.1. The number of guanidine groups is 1. The van der Waals surface area contributed by atoms with Crippen molar-refractivity contribution < 1.29 is 14.2 Å². The zero-order chi connectivity index (χ0) is 21.9. The molecule has 0 atom stereocenters. The molecule has 3 rings (SSSR count). The maximum Gasteiger partial charge on any atom is 0.219 e. The number of hydrogen-bond acceptors (Lipinski definition) is 6. The van der Waals surface area contributed by atoms with Gasteiger partial charge in [-0.3, -0.25) is 0 Å². The summed E-state index contributed by atoms with van der Waals surface area (Å²) in [6, 6.07) is 13.4. The van der Waals surface area contributed by atoms with E-state index in [0.29, 0.717) is 29.7 Å². The molecule has 0 amide bonds. The van der Waals surface area contributed by atoms with Crippen molar-refractivity contribution in [1.82, 2.24) is 15.6 Å². The van der Waals surface area contributed by atoms with E-state index in [9.17, 15) is 0 Å². The van der Waals surface area contributed by atoms with E-state index in [1.807, 2.05) is 30.3 Å². The average molecular weight is 568 g/mol. The number of ether oxygens (including phenoxy) is 3. The van der Waals surface area contributed by atoms with Crippen LogP contribution in [-0.4, -0.2) is 38.3 Å². The lowest BCUT2D eigenvalue weighted by Gasteiger charge is -2.13. The molecular weight excluding hydrogens is 539 g/mol. The van der Waals surface area contributed by atoms with E-state index in [0.717, 1.165) is 31.0 Å². The largest absolute Gasteiger partial charge is 0.493 e. The molecule has 0 aliphatic rings. The number of hydrogen-bond donors (Lipinski definition) is 2. The fourth-order valence-electron chi connectivity index (χ4n) is 2.86. The second-order valence-electron chi connectivity index (χ2n) is 6.55. The van der Waals surface area contributed by atoms with E-state index in [1.54, 1.807) is 31.8 Å². The molecule has 0 unspecified atom stereocenters. The molecule has 2 N–H and O–H groups in total. The standard InChI is InChI=1S/C23H28N4O3S.HI/c1-4-24-23(25-13-12-18-7-6-14-31-18)27-16-17-10-11-21(26-15-17)30-22-19(28-2)8-5-9-20(22)29-3;/h5-11,14-15H,4,12-13,16H2,1-3H3,(H2,24,25,27);1H. The van der Waals surface area contributed by atoms with Crippen LogP contribution in [-0.2, 0) is 13.0 Å². The Bertz CT molecular complexity index is 944. The number of pyridine rings is 1. The third-order valence-electron chi connectivity index (χ3n) is 4.39. The molecule has 3 aromatic rings. The highest BCUT2D eigenvalue weighted by Gasteiger charge is 2.13. The molecule has 2 aromatic heterocycles. The summed E-state index contributed by atoms with van der Waals surface area (Å²) in [5.74, 6) is 2.90. The number of thiophene rings is 1. The van der Waals surface area contributed by atoms with Crippen LogP contribution in [0.2, 0.25) is 0 Å². The molecule has 7 nitrogen and oxygen atoms in total. The molecule has 1 aromatic carbocycles. The molecule has 32 heavy (non-hydrogen) atoms. The molecule has 0 radical (unpaired) electrons. The first-order valence-electron chi connectivity index (χ1n) is 10.1. The van der Waals surface area contributed by atoms with Crippen molar-refractivity contribution in [3.05, 3.63) is 64.5 Å². The van der Waals surface area contributed by atoms with Gasteiger partial charge in [0, 0.05) is 30.2 Å². The van der Waals surface area contributed by atoms with Crippen molar-refractivity contribution in [2.45, 2.75) is 19.9 Å². The number of nitrogens with one attached hydrogen (secondary N) is 2. The molecule has 9 heteroatoms. The van der Waals surface area contributed by atoms with E-state index in [4.69, 9.17) is 14.2 Å². The summed E-state index contributed by atoms with van der Waals surface area (Å²) in [4.78, 5) is 10.4. The molecule has 0 bridgehead atoms. The average Bonchev–Trinajstić information content (AvgIpc) is 3.32. The van der Waals surface area contributed by atoms with Crippen molar-refractivity contribution in [3.8, 4) is 23.1 Å². The number of aromatic nitrogens is 1. The van der Waals surface area contributed by atoms with Crippen LogP contribution in [0.3, 0.4) is 0 Å². The summed E-state index contributed by atoms with van der Waals surface area (Å²) in [6.45, 7) is 4.20. The van der Waals surface area contributed by atoms with Crippen LogP contribution in [0, 0.1) is 0 Å². The Hall–Kier alpha value is -2.53. The highest BCUT2D eigenvalue weighted by Crippen LogP contribution is 2.39. The van der Waals surface area contributed by atoms with Gasteiger partial charge in [-0.05, 0) is 42.5 Å². The molecule has 0 saturated heterocycles. The summed E-state index contributed by atoms with van der Waals surface area (Å²) in [5.41, 5.74) is 0.981. The van der Waals surface area contributed by atoms with Crippen molar-refractivity contribution >= 4 is 41.3 Å². The first kappa shape index (κ1) is 25.7. The lowest BCUT2D eigenvalue weighted by molar-refractivity contribution is 0.342. The highest BCUT2D eigenvalue weighted by molar-refractivity contribution is 14.0. The third-order valence-corrected chi connectivity index (χ3v) is 5.33. The van der Waals surface area contributed by atoms with Gasteiger partial charge in [-0.2, -0.15) is 0 Å². The molecule has 0 aliphatic carbocycles. The summed E-state index contributed by atoms with van der Waals surface area (Å²) in [5, 5.41) is 8.74. The van der Waals surface area contributed by atoms with Crippen LogP contribution in [0.15, 0.2) is 59.0 Å². The molecule has 0 aliphatic heterocycles. The van der Waals surface area contributed by atoms with Gasteiger partial charge in [-0.1, -0.05) is 18.2 Å². The van der Waals surface area contributed by atoms with Gasteiger partial charge in [0.05, 0.1) is 20.8 Å². The van der Waals surface area contributed by atoms with Gasteiger partial charge in [0.2, 0.25) is 11.6 Å². The number of para-hydroxylation sites is 1. The molecule has 0 fully saturated rings. The van der Waals surface area contributed by atoms with Gasteiger partial charge in [-0.15, -0.1) is 35.3 Å². The topological polar surface area (TPSA) is 77.0 Å². The number of nitrogens with zero attached hydrogens (tertiary/aromatic N) is 2. The first-order chi connectivity index (χ1) is 15.2. The minimum Gasteiger partial charge on any atom is -0.493 e. The Morgan fingerprint density at radius 2 is 1.81 bits per heavy atom. The van der Waals surface area contributed by atoms with Gasteiger partial charge >= 0.3 is 0 Å². The predicted octanol–water partition coefficient (Wildman–Crippen LogP) is 4.87. The highest BCUT2D eigenvalue weighted by atomic mass is 127. The number of rotatable bonds is 10. The maximum absolute atomic E-state index is 5.91. The predicted molar refractivity (Wildman–Crippen MR) is 140 cm³/mol. The van der Waals surface area contributed by atoms with Crippen molar-refractivity contribution in [2.24, 2.45) is 4.99 Å².